The van der Waals surface area contributed by atoms with E-state index in [2.05, 4.69) is 10.1 Å². The summed E-state index contributed by atoms with van der Waals surface area (Å²) in [5.41, 5.74) is 2.43. The summed E-state index contributed by atoms with van der Waals surface area (Å²) in [4.78, 5) is 30.3. The van der Waals surface area contributed by atoms with Gasteiger partial charge < -0.3 is 4.74 Å². The molecule has 150 valence electrons. The number of aromatic nitrogens is 3. The Balaban J connectivity index is 1.51. The summed E-state index contributed by atoms with van der Waals surface area (Å²) in [7, 11) is 0. The fourth-order valence-corrected chi connectivity index (χ4v) is 4.89. The van der Waals surface area contributed by atoms with E-state index in [-0.39, 0.29) is 0 Å². The lowest BCUT2D eigenvalue weighted by Gasteiger charge is -2.06. The number of Topliss-reactive ketones (excluding diaryl/α,β-unsaturated/α-hetero) is 1. The van der Waals surface area contributed by atoms with Gasteiger partial charge in [0.25, 0.3) is 0 Å². The van der Waals surface area contributed by atoms with E-state index in [4.69, 9.17) is 4.74 Å². The molecule has 0 spiro atoms. The largest absolute Gasteiger partial charge is 0.453 e. The average molecular weight is 437 g/mol. The van der Waals surface area contributed by atoms with Gasteiger partial charge in [-0.15, -0.1) is 22.7 Å². The summed E-state index contributed by atoms with van der Waals surface area (Å²) >= 11 is 2.50. The zero-order valence-corrected chi connectivity index (χ0v) is 17.8. The second kappa shape index (κ2) is 8.18. The summed E-state index contributed by atoms with van der Waals surface area (Å²) in [5.74, 6) is -2.13. The molecule has 0 saturated carbocycles. The summed E-state index contributed by atoms with van der Waals surface area (Å²) in [6.07, 6.45) is 0. The maximum atomic E-state index is 12.5. The summed E-state index contributed by atoms with van der Waals surface area (Å²) < 4.78 is 6.99. The molecular weight excluding hydrogens is 420 g/mol. The molecule has 0 radical (unpaired) electrons. The number of hydrogen-bond acceptors (Lipinski definition) is 8. The second-order valence-corrected chi connectivity index (χ2v) is 8.51. The van der Waals surface area contributed by atoms with Crippen molar-refractivity contribution in [1.29, 1.82) is 5.26 Å². The number of aryl methyl sites for hydroxylation is 2. The van der Waals surface area contributed by atoms with Crippen LogP contribution in [0.2, 0.25) is 0 Å². The lowest BCUT2D eigenvalue weighted by molar-refractivity contribution is -0.122. The first-order valence-corrected chi connectivity index (χ1v) is 10.7. The number of esters is 1. The number of thiazole rings is 1. The van der Waals surface area contributed by atoms with Crippen LogP contribution in [0.5, 0.6) is 0 Å². The fourth-order valence-electron chi connectivity index (χ4n) is 2.95. The Kier molecular flexibility index (Phi) is 5.44. The van der Waals surface area contributed by atoms with Crippen LogP contribution < -0.4 is 0 Å². The molecule has 1 aromatic carbocycles. The van der Waals surface area contributed by atoms with Crippen LogP contribution in [0.25, 0.3) is 15.9 Å². The predicted molar refractivity (Wildman–Crippen MR) is 114 cm³/mol. The molecule has 0 bridgehead atoms. The minimum Gasteiger partial charge on any atom is -0.453 e. The zero-order valence-electron chi connectivity index (χ0n) is 16.2. The minimum atomic E-state index is -1.03. The Morgan fingerprint density at radius 1 is 1.27 bits per heavy atom. The normalized spacial score (nSPS) is 11.9. The number of ketones is 1. The van der Waals surface area contributed by atoms with Crippen molar-refractivity contribution in [3.05, 3.63) is 63.1 Å². The lowest BCUT2D eigenvalue weighted by atomic mass is 10.1. The highest BCUT2D eigenvalue weighted by atomic mass is 32.1. The Hall–Kier alpha value is -3.35. The quantitative estimate of drug-likeness (QED) is 0.420. The number of para-hydroxylation sites is 1. The number of carbonyl (C=O) groups is 2. The number of hydrogen-bond donors (Lipinski definition) is 0. The summed E-state index contributed by atoms with van der Waals surface area (Å²) in [6, 6.07) is 13.3. The van der Waals surface area contributed by atoms with Gasteiger partial charge in [0.2, 0.25) is 0 Å². The van der Waals surface area contributed by atoms with E-state index in [1.165, 1.54) is 22.7 Å². The molecule has 9 heteroatoms. The standard InChI is InChI=1S/C21H16N4O3S2/c1-12-11-29-19(23-12)16(9-22)17(26)10-28-21(27)18-8-15-13(2)24-25(20(15)30-18)14-6-4-3-5-7-14/h3-8,11,16H,10H2,1-2H3/t16-/m1/s1. The van der Waals surface area contributed by atoms with Gasteiger partial charge in [0.1, 0.15) is 14.7 Å². The first kappa shape index (κ1) is 19.9. The fraction of sp³-hybridized carbons (Fsp3) is 0.190. The third-order valence-electron chi connectivity index (χ3n) is 4.43. The number of rotatable bonds is 6. The van der Waals surface area contributed by atoms with Crippen molar-refractivity contribution in [2.24, 2.45) is 0 Å². The smallest absolute Gasteiger partial charge is 0.348 e. The van der Waals surface area contributed by atoms with Crippen LogP contribution in [0.4, 0.5) is 0 Å². The van der Waals surface area contributed by atoms with Crippen molar-refractivity contribution in [3.63, 3.8) is 0 Å². The predicted octanol–water partition coefficient (Wildman–Crippen LogP) is 4.19. The Bertz CT molecular complexity index is 1280. The molecule has 0 saturated heterocycles. The van der Waals surface area contributed by atoms with Gasteiger partial charge in [0.05, 0.1) is 17.5 Å². The molecule has 0 fully saturated rings. The van der Waals surface area contributed by atoms with E-state index in [0.29, 0.717) is 9.88 Å². The highest BCUT2D eigenvalue weighted by Gasteiger charge is 2.25. The number of nitrogens with zero attached hydrogens (tertiary/aromatic N) is 4. The Morgan fingerprint density at radius 3 is 2.70 bits per heavy atom. The highest BCUT2D eigenvalue weighted by molar-refractivity contribution is 7.20. The van der Waals surface area contributed by atoms with Gasteiger partial charge >= 0.3 is 5.97 Å². The first-order valence-electron chi connectivity index (χ1n) is 9.04. The Labute approximate surface area is 180 Å². The van der Waals surface area contributed by atoms with E-state index >= 15 is 0 Å². The van der Waals surface area contributed by atoms with Crippen molar-refractivity contribution in [2.75, 3.05) is 6.61 Å². The first-order chi connectivity index (χ1) is 14.5. The van der Waals surface area contributed by atoms with Crippen molar-refractivity contribution < 1.29 is 14.3 Å². The Morgan fingerprint density at radius 2 is 2.03 bits per heavy atom. The number of nitriles is 1. The van der Waals surface area contributed by atoms with Crippen molar-refractivity contribution in [1.82, 2.24) is 14.8 Å². The third kappa shape index (κ3) is 3.75. The number of thiophene rings is 1. The van der Waals surface area contributed by atoms with Gasteiger partial charge in [-0.05, 0) is 32.0 Å². The van der Waals surface area contributed by atoms with E-state index in [0.717, 1.165) is 27.3 Å². The van der Waals surface area contributed by atoms with Crippen LogP contribution in [0.15, 0.2) is 41.8 Å². The maximum Gasteiger partial charge on any atom is 0.348 e. The molecule has 0 aliphatic heterocycles. The molecule has 0 aliphatic rings. The van der Waals surface area contributed by atoms with Gasteiger partial charge in [-0.3, -0.25) is 4.79 Å². The van der Waals surface area contributed by atoms with Crippen LogP contribution in [0.1, 0.15) is 32.0 Å². The molecule has 0 N–H and O–H groups in total. The third-order valence-corrected chi connectivity index (χ3v) is 6.54. The van der Waals surface area contributed by atoms with Gasteiger partial charge in [-0.2, -0.15) is 10.4 Å². The van der Waals surface area contributed by atoms with Gasteiger partial charge in [0, 0.05) is 16.5 Å². The van der Waals surface area contributed by atoms with Crippen LogP contribution in [-0.4, -0.2) is 33.1 Å². The van der Waals surface area contributed by atoms with Crippen LogP contribution in [0, 0.1) is 25.2 Å². The highest BCUT2D eigenvalue weighted by Crippen LogP contribution is 2.31. The molecule has 4 rings (SSSR count). The van der Waals surface area contributed by atoms with Crippen molar-refractivity contribution >= 4 is 44.6 Å². The SMILES string of the molecule is Cc1csc([C@H](C#N)C(=O)COC(=O)c2cc3c(C)nn(-c4ccccc4)c3s2)n1. The van der Waals surface area contributed by atoms with E-state index in [1.807, 2.05) is 43.3 Å². The molecule has 0 amide bonds. The summed E-state index contributed by atoms with van der Waals surface area (Å²) in [6.45, 7) is 3.19. The maximum absolute atomic E-state index is 12.5. The number of ether oxygens (including phenoxy) is 1. The molecule has 3 heterocycles. The van der Waals surface area contributed by atoms with Crippen molar-refractivity contribution in [2.45, 2.75) is 19.8 Å². The second-order valence-electron chi connectivity index (χ2n) is 6.59. The van der Waals surface area contributed by atoms with Crippen LogP contribution in [0.3, 0.4) is 0 Å². The van der Waals surface area contributed by atoms with Gasteiger partial charge in [-0.25, -0.2) is 14.5 Å². The van der Waals surface area contributed by atoms with E-state index in [1.54, 1.807) is 23.1 Å². The van der Waals surface area contributed by atoms with E-state index < -0.39 is 24.3 Å². The summed E-state index contributed by atoms with van der Waals surface area (Å²) in [5, 5.41) is 16.9. The topological polar surface area (TPSA) is 97.9 Å². The van der Waals surface area contributed by atoms with Crippen LogP contribution >= 0.6 is 22.7 Å². The molecule has 30 heavy (non-hydrogen) atoms. The molecule has 4 aromatic rings. The number of benzene rings is 1. The molecule has 0 aliphatic carbocycles. The monoisotopic (exact) mass is 436 g/mol. The number of carbonyl (C=O) groups excluding carboxylic acids is 2. The minimum absolute atomic E-state index is 0.376. The molecule has 3 aromatic heterocycles. The zero-order chi connectivity index (χ0) is 21.3. The average Bonchev–Trinajstić information content (AvgIpc) is 3.44. The van der Waals surface area contributed by atoms with E-state index in [9.17, 15) is 14.9 Å². The molecule has 1 atom stereocenters. The lowest BCUT2D eigenvalue weighted by Crippen LogP contribution is -2.19. The van der Waals surface area contributed by atoms with Crippen LogP contribution in [-0.2, 0) is 9.53 Å². The van der Waals surface area contributed by atoms with Gasteiger partial charge in [-0.1, -0.05) is 18.2 Å². The number of fused-ring (bicyclic) bond motifs is 1. The molecular formula is C21H16N4O3S2. The molecule has 7 nitrogen and oxygen atoms in total. The van der Waals surface area contributed by atoms with Gasteiger partial charge in [0.15, 0.2) is 18.3 Å². The van der Waals surface area contributed by atoms with Crippen molar-refractivity contribution in [3.8, 4) is 11.8 Å². The molecule has 0 unspecified atom stereocenters.